The molecular weight excluding hydrogens is 214 g/mol. The smallest absolute Gasteiger partial charge is 0.133 e. The van der Waals surface area contributed by atoms with Gasteiger partial charge in [-0.05, 0) is 24.3 Å². The van der Waals surface area contributed by atoms with Crippen molar-refractivity contribution in [2.24, 2.45) is 0 Å². The van der Waals surface area contributed by atoms with E-state index in [0.29, 0.717) is 5.76 Å². The number of aliphatic hydroxyl groups is 1. The number of aryl methyl sites for hydroxylation is 1. The van der Waals surface area contributed by atoms with Gasteiger partial charge in [-0.15, -0.1) is 0 Å². The van der Waals surface area contributed by atoms with Gasteiger partial charge in [0, 0.05) is 24.2 Å². The first-order chi connectivity index (χ1) is 8.22. The maximum Gasteiger partial charge on any atom is 0.133 e. The third-order valence-corrected chi connectivity index (χ3v) is 2.95. The number of rotatable bonds is 4. The van der Waals surface area contributed by atoms with Crippen molar-refractivity contribution in [3.8, 4) is 0 Å². The first-order valence-electron chi connectivity index (χ1n) is 5.90. The average Bonchev–Trinajstić information content (AvgIpc) is 2.87. The number of aliphatic hydroxyl groups excluding tert-OH is 1. The molecule has 0 aliphatic rings. The fraction of sp³-hybridized carbons (Fsp3) is 0.357. The molecule has 3 nitrogen and oxygen atoms in total. The Morgan fingerprint density at radius 1 is 1.29 bits per heavy atom. The molecule has 0 fully saturated rings. The van der Waals surface area contributed by atoms with Crippen LogP contribution in [0.5, 0.6) is 0 Å². The lowest BCUT2D eigenvalue weighted by atomic mass is 9.98. The van der Waals surface area contributed by atoms with E-state index < -0.39 is 6.10 Å². The number of nitrogens with zero attached hydrogens (tertiary/aromatic N) is 1. The molecule has 2 aromatic heterocycles. The van der Waals surface area contributed by atoms with Gasteiger partial charge in [0.25, 0.3) is 0 Å². The van der Waals surface area contributed by atoms with Crippen LogP contribution in [0.1, 0.15) is 43.1 Å². The van der Waals surface area contributed by atoms with Gasteiger partial charge < -0.3 is 9.52 Å². The van der Waals surface area contributed by atoms with E-state index in [1.807, 2.05) is 44.2 Å². The lowest BCUT2D eigenvalue weighted by molar-refractivity contribution is 0.122. The van der Waals surface area contributed by atoms with Crippen molar-refractivity contribution in [1.82, 2.24) is 4.98 Å². The topological polar surface area (TPSA) is 46.3 Å². The first-order valence-corrected chi connectivity index (χ1v) is 5.90. The zero-order valence-corrected chi connectivity index (χ0v) is 10.1. The van der Waals surface area contributed by atoms with Crippen molar-refractivity contribution in [3.63, 3.8) is 0 Å². The lowest BCUT2D eigenvalue weighted by Gasteiger charge is -2.16. The second kappa shape index (κ2) is 5.15. The molecule has 2 heterocycles. The van der Waals surface area contributed by atoms with Crippen molar-refractivity contribution < 1.29 is 9.52 Å². The van der Waals surface area contributed by atoms with Gasteiger partial charge in [0.2, 0.25) is 0 Å². The van der Waals surface area contributed by atoms with Crippen molar-refractivity contribution in [3.05, 3.63) is 53.7 Å². The predicted molar refractivity (Wildman–Crippen MR) is 65.7 cm³/mol. The van der Waals surface area contributed by atoms with E-state index in [9.17, 15) is 5.11 Å². The van der Waals surface area contributed by atoms with E-state index in [1.165, 1.54) is 0 Å². The van der Waals surface area contributed by atoms with Crippen molar-refractivity contribution in [1.29, 1.82) is 0 Å². The Balaban J connectivity index is 2.17. The molecule has 2 rings (SSSR count). The van der Waals surface area contributed by atoms with Crippen LogP contribution in [0, 0.1) is 0 Å². The molecule has 2 aromatic rings. The maximum absolute atomic E-state index is 10.2. The van der Waals surface area contributed by atoms with Crippen LogP contribution in [0.3, 0.4) is 0 Å². The molecule has 3 heteroatoms. The summed E-state index contributed by atoms with van der Waals surface area (Å²) in [4.78, 5) is 4.25. The molecule has 90 valence electrons. The largest absolute Gasteiger partial charge is 0.463 e. The van der Waals surface area contributed by atoms with Crippen molar-refractivity contribution in [2.75, 3.05) is 0 Å². The third kappa shape index (κ3) is 2.56. The van der Waals surface area contributed by atoms with Crippen LogP contribution in [0.15, 0.2) is 40.9 Å². The standard InChI is InChI=1S/C14H17NO2/c1-3-11-7-8-13(17-11)14(16)10(2)12-6-4-5-9-15-12/h4-10,14,16H,3H2,1-2H3. The Morgan fingerprint density at radius 3 is 2.71 bits per heavy atom. The molecule has 0 amide bonds. The van der Waals surface area contributed by atoms with E-state index in [-0.39, 0.29) is 5.92 Å². The molecule has 0 bridgehead atoms. The van der Waals surface area contributed by atoms with Crippen molar-refractivity contribution in [2.45, 2.75) is 32.3 Å². The van der Waals surface area contributed by atoms with E-state index in [2.05, 4.69) is 4.98 Å². The number of hydrogen-bond acceptors (Lipinski definition) is 3. The second-order valence-corrected chi connectivity index (χ2v) is 4.15. The highest BCUT2D eigenvalue weighted by molar-refractivity contribution is 5.16. The number of hydrogen-bond donors (Lipinski definition) is 1. The number of aromatic nitrogens is 1. The first kappa shape index (κ1) is 11.9. The number of furan rings is 1. The van der Waals surface area contributed by atoms with Gasteiger partial charge in [0.1, 0.15) is 17.6 Å². The molecule has 2 unspecified atom stereocenters. The van der Waals surface area contributed by atoms with Gasteiger partial charge in [0.05, 0.1) is 0 Å². The maximum atomic E-state index is 10.2. The van der Waals surface area contributed by atoms with Crippen molar-refractivity contribution >= 4 is 0 Å². The summed E-state index contributed by atoms with van der Waals surface area (Å²) in [5, 5.41) is 10.2. The summed E-state index contributed by atoms with van der Waals surface area (Å²) in [6.07, 6.45) is 1.92. The summed E-state index contributed by atoms with van der Waals surface area (Å²) in [7, 11) is 0. The molecule has 0 spiro atoms. The zero-order valence-electron chi connectivity index (χ0n) is 10.1. The summed E-state index contributed by atoms with van der Waals surface area (Å²) >= 11 is 0. The second-order valence-electron chi connectivity index (χ2n) is 4.15. The Kier molecular flexibility index (Phi) is 3.59. The Labute approximate surface area is 101 Å². The van der Waals surface area contributed by atoms with Crippen LogP contribution < -0.4 is 0 Å². The molecule has 0 saturated heterocycles. The summed E-state index contributed by atoms with van der Waals surface area (Å²) in [6.45, 7) is 3.97. The fourth-order valence-electron chi connectivity index (χ4n) is 1.80. The highest BCUT2D eigenvalue weighted by atomic mass is 16.4. The summed E-state index contributed by atoms with van der Waals surface area (Å²) in [5.74, 6) is 1.43. The number of pyridine rings is 1. The predicted octanol–water partition coefficient (Wildman–Crippen LogP) is 3.07. The Hall–Kier alpha value is -1.61. The molecule has 1 N–H and O–H groups in total. The molecular formula is C14H17NO2. The fourth-order valence-corrected chi connectivity index (χ4v) is 1.80. The highest BCUT2D eigenvalue weighted by Crippen LogP contribution is 2.30. The van der Waals surface area contributed by atoms with E-state index >= 15 is 0 Å². The molecule has 0 aliphatic carbocycles. The molecule has 17 heavy (non-hydrogen) atoms. The third-order valence-electron chi connectivity index (χ3n) is 2.95. The molecule has 0 saturated carbocycles. The van der Waals surface area contributed by atoms with Gasteiger partial charge in [-0.2, -0.15) is 0 Å². The van der Waals surface area contributed by atoms with E-state index in [4.69, 9.17) is 4.42 Å². The minimum Gasteiger partial charge on any atom is -0.463 e. The van der Waals surface area contributed by atoms with E-state index in [0.717, 1.165) is 17.9 Å². The van der Waals surface area contributed by atoms with Gasteiger partial charge in [0.15, 0.2) is 0 Å². The Morgan fingerprint density at radius 2 is 2.12 bits per heavy atom. The minimum absolute atomic E-state index is 0.0768. The average molecular weight is 231 g/mol. The van der Waals surface area contributed by atoms with Gasteiger partial charge >= 0.3 is 0 Å². The van der Waals surface area contributed by atoms with Crippen LogP contribution in [0.2, 0.25) is 0 Å². The molecule has 0 aliphatic heterocycles. The van der Waals surface area contributed by atoms with Crippen LogP contribution >= 0.6 is 0 Å². The minimum atomic E-state index is -0.648. The SMILES string of the molecule is CCc1ccc(C(O)C(C)c2ccccn2)o1. The highest BCUT2D eigenvalue weighted by Gasteiger charge is 2.21. The summed E-state index contributed by atoms with van der Waals surface area (Å²) in [6, 6.07) is 9.44. The van der Waals surface area contributed by atoms with Crippen LogP contribution in [-0.2, 0) is 6.42 Å². The normalized spacial score (nSPS) is 14.5. The quantitative estimate of drug-likeness (QED) is 0.879. The van der Waals surface area contributed by atoms with E-state index in [1.54, 1.807) is 6.20 Å². The molecule has 2 atom stereocenters. The molecule has 0 radical (unpaired) electrons. The molecule has 0 aromatic carbocycles. The lowest BCUT2D eigenvalue weighted by Crippen LogP contribution is -2.08. The van der Waals surface area contributed by atoms with Gasteiger partial charge in [-0.1, -0.05) is 19.9 Å². The zero-order chi connectivity index (χ0) is 12.3. The van der Waals surface area contributed by atoms with Crippen LogP contribution in [0.4, 0.5) is 0 Å². The van der Waals surface area contributed by atoms with Gasteiger partial charge in [-0.3, -0.25) is 4.98 Å². The monoisotopic (exact) mass is 231 g/mol. The summed E-state index contributed by atoms with van der Waals surface area (Å²) in [5.41, 5.74) is 0.870. The van der Waals surface area contributed by atoms with Crippen LogP contribution in [0.25, 0.3) is 0 Å². The van der Waals surface area contributed by atoms with Crippen LogP contribution in [-0.4, -0.2) is 10.1 Å². The Bertz CT molecular complexity index is 464. The van der Waals surface area contributed by atoms with Gasteiger partial charge in [-0.25, -0.2) is 0 Å². The summed E-state index contributed by atoms with van der Waals surface area (Å²) < 4.78 is 5.56.